The summed E-state index contributed by atoms with van der Waals surface area (Å²) in [4.78, 5) is 10.9. The van der Waals surface area contributed by atoms with E-state index in [-0.39, 0.29) is 5.56 Å². The molecular formula is C11H8ClFN2O2. The molecule has 2 aromatic rings. The number of benzene rings is 1. The van der Waals surface area contributed by atoms with Gasteiger partial charge in [0.2, 0.25) is 0 Å². The first kappa shape index (κ1) is 11.6. The average Bonchev–Trinajstić information content (AvgIpc) is 2.64. The molecule has 0 aliphatic heterocycles. The van der Waals surface area contributed by atoms with Crippen LogP contribution in [0.4, 0.5) is 4.39 Å². The fourth-order valence-corrected chi connectivity index (χ4v) is 1.71. The van der Waals surface area contributed by atoms with E-state index in [0.29, 0.717) is 16.4 Å². The number of nitrogens with zero attached hydrogens (tertiary/aromatic N) is 2. The number of hydrogen-bond donors (Lipinski definition) is 1. The van der Waals surface area contributed by atoms with E-state index in [4.69, 9.17) is 16.7 Å². The Bertz CT molecular complexity index is 595. The summed E-state index contributed by atoms with van der Waals surface area (Å²) in [5.74, 6) is -1.54. The molecule has 0 bridgehead atoms. The Hall–Kier alpha value is -1.88. The Balaban J connectivity index is 2.61. The van der Waals surface area contributed by atoms with Crippen molar-refractivity contribution in [2.75, 3.05) is 0 Å². The second kappa shape index (κ2) is 4.18. The minimum atomic E-state index is -1.08. The number of carboxylic acids is 1. The Morgan fingerprint density at radius 1 is 1.53 bits per heavy atom. The first-order chi connectivity index (χ1) is 8.00. The number of rotatable bonds is 2. The molecule has 88 valence electrons. The van der Waals surface area contributed by atoms with Gasteiger partial charge in [0.25, 0.3) is 0 Å². The van der Waals surface area contributed by atoms with E-state index in [1.165, 1.54) is 29.1 Å². The molecular weight excluding hydrogens is 247 g/mol. The molecule has 0 saturated carbocycles. The predicted molar refractivity (Wildman–Crippen MR) is 60.2 cm³/mol. The standard InChI is InChI=1S/C11H8ClFN2O2/c1-6-8(11(16)17)5-14-15(6)10-4-7(13)2-3-9(10)12/h2-5H,1H3,(H,16,17). The van der Waals surface area contributed by atoms with Crippen molar-refractivity contribution >= 4 is 17.6 Å². The lowest BCUT2D eigenvalue weighted by atomic mass is 10.2. The van der Waals surface area contributed by atoms with E-state index in [9.17, 15) is 9.18 Å². The van der Waals surface area contributed by atoms with E-state index in [1.54, 1.807) is 6.92 Å². The van der Waals surface area contributed by atoms with Crippen LogP contribution >= 0.6 is 11.6 Å². The third-order valence-electron chi connectivity index (χ3n) is 2.38. The molecule has 0 radical (unpaired) electrons. The van der Waals surface area contributed by atoms with Crippen LogP contribution in [0.1, 0.15) is 16.1 Å². The summed E-state index contributed by atoms with van der Waals surface area (Å²) in [5.41, 5.74) is 0.770. The summed E-state index contributed by atoms with van der Waals surface area (Å²) in [6.45, 7) is 1.58. The topological polar surface area (TPSA) is 55.1 Å². The highest BCUT2D eigenvalue weighted by molar-refractivity contribution is 6.32. The molecule has 0 atom stereocenters. The van der Waals surface area contributed by atoms with Gasteiger partial charge < -0.3 is 5.11 Å². The van der Waals surface area contributed by atoms with Crippen molar-refractivity contribution in [2.24, 2.45) is 0 Å². The summed E-state index contributed by atoms with van der Waals surface area (Å²) >= 11 is 5.92. The molecule has 6 heteroatoms. The quantitative estimate of drug-likeness (QED) is 0.896. The lowest BCUT2D eigenvalue weighted by Gasteiger charge is -2.06. The Morgan fingerprint density at radius 2 is 2.24 bits per heavy atom. The molecule has 1 N–H and O–H groups in total. The van der Waals surface area contributed by atoms with Crippen molar-refractivity contribution in [1.29, 1.82) is 0 Å². The number of aromatic nitrogens is 2. The Morgan fingerprint density at radius 3 is 2.82 bits per heavy atom. The van der Waals surface area contributed by atoms with Gasteiger partial charge in [0.05, 0.1) is 22.6 Å². The monoisotopic (exact) mass is 254 g/mol. The molecule has 1 aromatic heterocycles. The minimum absolute atomic E-state index is 0.0605. The van der Waals surface area contributed by atoms with Gasteiger partial charge in [-0.3, -0.25) is 0 Å². The summed E-state index contributed by atoms with van der Waals surface area (Å²) < 4.78 is 14.4. The molecule has 0 amide bonds. The molecule has 0 spiro atoms. The highest BCUT2D eigenvalue weighted by atomic mass is 35.5. The van der Waals surface area contributed by atoms with Crippen LogP contribution in [0.15, 0.2) is 24.4 Å². The third kappa shape index (κ3) is 2.01. The molecule has 0 aliphatic rings. The van der Waals surface area contributed by atoms with Gasteiger partial charge in [-0.15, -0.1) is 0 Å². The fourth-order valence-electron chi connectivity index (χ4n) is 1.51. The van der Waals surface area contributed by atoms with E-state index >= 15 is 0 Å². The van der Waals surface area contributed by atoms with Crippen LogP contribution in [0.3, 0.4) is 0 Å². The highest BCUT2D eigenvalue weighted by Crippen LogP contribution is 2.23. The van der Waals surface area contributed by atoms with Gasteiger partial charge in [-0.25, -0.2) is 13.9 Å². The van der Waals surface area contributed by atoms with Crippen molar-refractivity contribution in [3.63, 3.8) is 0 Å². The maximum absolute atomic E-state index is 13.1. The summed E-state index contributed by atoms with van der Waals surface area (Å²) in [6, 6.07) is 3.82. The third-order valence-corrected chi connectivity index (χ3v) is 2.70. The molecule has 1 aromatic carbocycles. The van der Waals surface area contributed by atoms with Crippen LogP contribution in [0.25, 0.3) is 5.69 Å². The number of hydrogen-bond acceptors (Lipinski definition) is 2. The zero-order valence-electron chi connectivity index (χ0n) is 8.82. The van der Waals surface area contributed by atoms with Crippen molar-refractivity contribution in [3.8, 4) is 5.69 Å². The average molecular weight is 255 g/mol. The summed E-state index contributed by atoms with van der Waals surface area (Å²) in [5, 5.41) is 13.1. The SMILES string of the molecule is Cc1c(C(=O)O)cnn1-c1cc(F)ccc1Cl. The number of aromatic carboxylic acids is 1. The highest BCUT2D eigenvalue weighted by Gasteiger charge is 2.15. The van der Waals surface area contributed by atoms with Crippen LogP contribution in [-0.2, 0) is 0 Å². The van der Waals surface area contributed by atoms with Crippen LogP contribution < -0.4 is 0 Å². The van der Waals surface area contributed by atoms with E-state index in [1.807, 2.05) is 0 Å². The van der Waals surface area contributed by atoms with Crippen LogP contribution in [0.2, 0.25) is 5.02 Å². The first-order valence-corrected chi connectivity index (χ1v) is 5.12. The normalized spacial score (nSPS) is 10.5. The maximum atomic E-state index is 13.1. The molecule has 17 heavy (non-hydrogen) atoms. The zero-order chi connectivity index (χ0) is 12.6. The van der Waals surface area contributed by atoms with Gasteiger partial charge in [-0.1, -0.05) is 11.6 Å². The minimum Gasteiger partial charge on any atom is -0.478 e. The number of carbonyl (C=O) groups is 1. The lowest BCUT2D eigenvalue weighted by Crippen LogP contribution is -2.03. The first-order valence-electron chi connectivity index (χ1n) is 4.74. The lowest BCUT2D eigenvalue weighted by molar-refractivity contribution is 0.0696. The van der Waals surface area contributed by atoms with Gasteiger partial charge in [-0.05, 0) is 19.1 Å². The van der Waals surface area contributed by atoms with Crippen molar-refractivity contribution in [2.45, 2.75) is 6.92 Å². The zero-order valence-corrected chi connectivity index (χ0v) is 9.57. The fraction of sp³-hybridized carbons (Fsp3) is 0.0909. The molecule has 0 unspecified atom stereocenters. The van der Waals surface area contributed by atoms with Crippen molar-refractivity contribution in [3.05, 3.63) is 46.5 Å². The smallest absolute Gasteiger partial charge is 0.339 e. The number of halogens is 2. The maximum Gasteiger partial charge on any atom is 0.339 e. The van der Waals surface area contributed by atoms with Crippen molar-refractivity contribution in [1.82, 2.24) is 9.78 Å². The predicted octanol–water partition coefficient (Wildman–Crippen LogP) is 2.67. The van der Waals surface area contributed by atoms with Crippen LogP contribution in [0.5, 0.6) is 0 Å². The Kier molecular flexibility index (Phi) is 2.85. The second-order valence-corrected chi connectivity index (χ2v) is 3.86. The molecule has 1 heterocycles. The van der Waals surface area contributed by atoms with Gasteiger partial charge >= 0.3 is 5.97 Å². The summed E-state index contributed by atoms with van der Waals surface area (Å²) in [6.07, 6.45) is 1.21. The van der Waals surface area contributed by atoms with E-state index < -0.39 is 11.8 Å². The van der Waals surface area contributed by atoms with Gasteiger partial charge in [0, 0.05) is 6.07 Å². The number of carboxylic acid groups (broad SMARTS) is 1. The Labute approximate surface area is 101 Å². The molecule has 4 nitrogen and oxygen atoms in total. The van der Waals surface area contributed by atoms with Gasteiger partial charge in [0.15, 0.2) is 0 Å². The van der Waals surface area contributed by atoms with E-state index in [2.05, 4.69) is 5.10 Å². The van der Waals surface area contributed by atoms with Gasteiger partial charge in [0.1, 0.15) is 11.4 Å². The molecule has 0 fully saturated rings. The molecule has 0 aliphatic carbocycles. The van der Waals surface area contributed by atoms with Crippen LogP contribution in [-0.4, -0.2) is 20.9 Å². The van der Waals surface area contributed by atoms with Crippen molar-refractivity contribution < 1.29 is 14.3 Å². The molecule has 0 saturated heterocycles. The van der Waals surface area contributed by atoms with E-state index in [0.717, 1.165) is 0 Å². The second-order valence-electron chi connectivity index (χ2n) is 3.46. The summed E-state index contributed by atoms with van der Waals surface area (Å²) in [7, 11) is 0. The largest absolute Gasteiger partial charge is 0.478 e. The van der Waals surface area contributed by atoms with Crippen LogP contribution in [0, 0.1) is 12.7 Å². The molecule has 2 rings (SSSR count). The van der Waals surface area contributed by atoms with Gasteiger partial charge in [-0.2, -0.15) is 5.10 Å².